The van der Waals surface area contributed by atoms with Gasteiger partial charge in [-0.2, -0.15) is 0 Å². The predicted molar refractivity (Wildman–Crippen MR) is 110 cm³/mol. The summed E-state index contributed by atoms with van der Waals surface area (Å²) >= 11 is 1.49. The number of para-hydroxylation sites is 1. The van der Waals surface area contributed by atoms with Crippen molar-refractivity contribution in [2.75, 3.05) is 0 Å². The van der Waals surface area contributed by atoms with Gasteiger partial charge < -0.3 is 9.15 Å². The Morgan fingerprint density at radius 3 is 2.57 bits per heavy atom. The lowest BCUT2D eigenvalue weighted by Gasteiger charge is -2.09. The molecule has 0 saturated carbocycles. The third-order valence-corrected chi connectivity index (χ3v) is 4.93. The van der Waals surface area contributed by atoms with Gasteiger partial charge in [0.05, 0.1) is 6.20 Å². The van der Waals surface area contributed by atoms with Gasteiger partial charge in [0, 0.05) is 23.1 Å². The number of pyridine rings is 1. The Kier molecular flexibility index (Phi) is 5.39. The number of benzene rings is 2. The second-order valence-corrected chi connectivity index (χ2v) is 7.36. The van der Waals surface area contributed by atoms with Crippen molar-refractivity contribution >= 4 is 11.8 Å². The highest BCUT2D eigenvalue weighted by molar-refractivity contribution is 7.98. The van der Waals surface area contributed by atoms with Crippen LogP contribution in [0, 0.1) is 13.8 Å². The largest absolute Gasteiger partial charge is 0.455 e. The molecule has 0 bridgehead atoms. The van der Waals surface area contributed by atoms with E-state index in [1.54, 1.807) is 12.4 Å². The lowest BCUT2D eigenvalue weighted by molar-refractivity contribution is 0.465. The normalized spacial score (nSPS) is 10.8. The van der Waals surface area contributed by atoms with Crippen molar-refractivity contribution < 1.29 is 9.15 Å². The van der Waals surface area contributed by atoms with Crippen LogP contribution in [0.3, 0.4) is 0 Å². The first kappa shape index (κ1) is 18.3. The fourth-order valence-electron chi connectivity index (χ4n) is 2.88. The highest BCUT2D eigenvalue weighted by Crippen LogP contribution is 2.31. The van der Waals surface area contributed by atoms with E-state index in [1.807, 2.05) is 48.5 Å². The maximum atomic E-state index is 5.96. The summed E-state index contributed by atoms with van der Waals surface area (Å²) in [6, 6.07) is 17.8. The number of hydrogen-bond acceptors (Lipinski definition) is 6. The minimum absolute atomic E-state index is 0.533. The van der Waals surface area contributed by atoms with Crippen molar-refractivity contribution in [1.29, 1.82) is 0 Å². The summed E-state index contributed by atoms with van der Waals surface area (Å²) in [6.45, 7) is 4.11. The summed E-state index contributed by atoms with van der Waals surface area (Å²) < 4.78 is 11.8. The van der Waals surface area contributed by atoms with Crippen LogP contribution in [0.1, 0.15) is 16.7 Å². The molecule has 0 fully saturated rings. The zero-order valence-electron chi connectivity index (χ0n) is 15.6. The second-order valence-electron chi connectivity index (χ2n) is 6.44. The molecular formula is C22H19N3O2S. The van der Waals surface area contributed by atoms with Gasteiger partial charge in [-0.15, -0.1) is 10.2 Å². The van der Waals surface area contributed by atoms with E-state index in [-0.39, 0.29) is 0 Å². The fraction of sp³-hybridized carbons (Fsp3) is 0.136. The number of hydrogen-bond donors (Lipinski definition) is 0. The van der Waals surface area contributed by atoms with Crippen molar-refractivity contribution in [2.45, 2.75) is 24.8 Å². The second kappa shape index (κ2) is 8.27. The molecule has 0 radical (unpaired) electrons. The van der Waals surface area contributed by atoms with E-state index in [2.05, 4.69) is 35.1 Å². The molecule has 0 spiro atoms. The number of aryl methyl sites for hydroxylation is 2. The van der Waals surface area contributed by atoms with E-state index in [0.717, 1.165) is 16.9 Å². The molecule has 0 saturated heterocycles. The Morgan fingerprint density at radius 1 is 0.964 bits per heavy atom. The number of thioether (sulfide) groups is 1. The minimum atomic E-state index is 0.533. The van der Waals surface area contributed by atoms with Crippen LogP contribution in [-0.2, 0) is 5.75 Å². The zero-order chi connectivity index (χ0) is 19.3. The molecule has 0 unspecified atom stereocenters. The summed E-state index contributed by atoms with van der Waals surface area (Å²) in [7, 11) is 0. The zero-order valence-corrected chi connectivity index (χ0v) is 16.4. The van der Waals surface area contributed by atoms with Gasteiger partial charge in [-0.1, -0.05) is 47.2 Å². The third-order valence-electron chi connectivity index (χ3n) is 4.06. The number of nitrogens with zero attached hydrogens (tertiary/aromatic N) is 3. The Balaban J connectivity index is 1.48. The van der Waals surface area contributed by atoms with Gasteiger partial charge in [0.2, 0.25) is 5.89 Å². The molecule has 140 valence electrons. The smallest absolute Gasteiger partial charge is 0.277 e. The average molecular weight is 389 g/mol. The Morgan fingerprint density at radius 2 is 1.79 bits per heavy atom. The maximum absolute atomic E-state index is 5.96. The van der Waals surface area contributed by atoms with Crippen LogP contribution in [0.15, 0.2) is 76.6 Å². The quantitative estimate of drug-likeness (QED) is 0.387. The molecule has 2 aromatic carbocycles. The van der Waals surface area contributed by atoms with Crippen LogP contribution in [0.25, 0.3) is 11.5 Å². The number of rotatable bonds is 6. The Hall–Kier alpha value is -3.12. The molecule has 2 aromatic heterocycles. The van der Waals surface area contributed by atoms with Crippen LogP contribution in [-0.4, -0.2) is 15.2 Å². The van der Waals surface area contributed by atoms with Crippen LogP contribution in [0.4, 0.5) is 0 Å². The van der Waals surface area contributed by atoms with E-state index in [1.165, 1.54) is 22.9 Å². The van der Waals surface area contributed by atoms with Gasteiger partial charge in [0.15, 0.2) is 0 Å². The van der Waals surface area contributed by atoms with Gasteiger partial charge in [0.25, 0.3) is 5.22 Å². The van der Waals surface area contributed by atoms with Crippen molar-refractivity contribution in [3.05, 3.63) is 83.7 Å². The standard InChI is InChI=1S/C22H19N3O2S/c1-15-10-16(2)12-18(11-15)21-24-25-22(27-21)28-14-17-6-3-4-8-20(17)26-19-7-5-9-23-13-19/h3-13H,14H2,1-2H3. The van der Waals surface area contributed by atoms with Crippen molar-refractivity contribution in [1.82, 2.24) is 15.2 Å². The average Bonchev–Trinajstić information content (AvgIpc) is 3.17. The van der Waals surface area contributed by atoms with Crippen molar-refractivity contribution in [3.63, 3.8) is 0 Å². The molecule has 0 N–H and O–H groups in total. The summed E-state index contributed by atoms with van der Waals surface area (Å²) in [5.74, 6) is 2.69. The summed E-state index contributed by atoms with van der Waals surface area (Å²) in [4.78, 5) is 4.08. The van der Waals surface area contributed by atoms with Gasteiger partial charge in [-0.25, -0.2) is 0 Å². The number of ether oxygens (including phenoxy) is 1. The van der Waals surface area contributed by atoms with Crippen molar-refractivity contribution in [3.8, 4) is 23.0 Å². The third kappa shape index (κ3) is 4.40. The lowest BCUT2D eigenvalue weighted by atomic mass is 10.1. The molecule has 0 amide bonds. The SMILES string of the molecule is Cc1cc(C)cc(-c2nnc(SCc3ccccc3Oc3cccnc3)o2)c1. The lowest BCUT2D eigenvalue weighted by Crippen LogP contribution is -1.90. The van der Waals surface area contributed by atoms with Gasteiger partial charge >= 0.3 is 0 Å². The molecule has 2 heterocycles. The summed E-state index contributed by atoms with van der Waals surface area (Å²) in [5.41, 5.74) is 4.33. The van der Waals surface area contributed by atoms with E-state index in [0.29, 0.717) is 22.6 Å². The van der Waals surface area contributed by atoms with Crippen LogP contribution in [0.5, 0.6) is 11.5 Å². The van der Waals surface area contributed by atoms with Crippen molar-refractivity contribution in [2.24, 2.45) is 0 Å². The molecule has 5 nitrogen and oxygen atoms in total. The monoisotopic (exact) mass is 389 g/mol. The molecule has 0 aliphatic heterocycles. The van der Waals surface area contributed by atoms with E-state index < -0.39 is 0 Å². The molecule has 0 atom stereocenters. The first-order chi connectivity index (χ1) is 13.7. The fourth-order valence-corrected chi connectivity index (χ4v) is 3.63. The molecule has 4 aromatic rings. The van der Waals surface area contributed by atoms with Crippen LogP contribution in [0.2, 0.25) is 0 Å². The molecule has 4 rings (SSSR count). The van der Waals surface area contributed by atoms with Crippen LogP contribution < -0.4 is 4.74 Å². The first-order valence-electron chi connectivity index (χ1n) is 8.88. The molecular weight excluding hydrogens is 370 g/mol. The number of aromatic nitrogens is 3. The molecule has 6 heteroatoms. The summed E-state index contributed by atoms with van der Waals surface area (Å²) in [6.07, 6.45) is 3.41. The van der Waals surface area contributed by atoms with E-state index in [4.69, 9.17) is 9.15 Å². The van der Waals surface area contributed by atoms with E-state index in [9.17, 15) is 0 Å². The van der Waals surface area contributed by atoms with Gasteiger partial charge in [-0.05, 0) is 44.2 Å². The topological polar surface area (TPSA) is 61.0 Å². The first-order valence-corrected chi connectivity index (χ1v) is 9.87. The van der Waals surface area contributed by atoms with Crippen LogP contribution >= 0.6 is 11.8 Å². The highest BCUT2D eigenvalue weighted by atomic mass is 32.2. The highest BCUT2D eigenvalue weighted by Gasteiger charge is 2.12. The Labute approximate surface area is 167 Å². The molecule has 0 aliphatic rings. The van der Waals surface area contributed by atoms with Gasteiger partial charge in [-0.3, -0.25) is 4.98 Å². The predicted octanol–water partition coefficient (Wildman–Crippen LogP) is 5.83. The van der Waals surface area contributed by atoms with E-state index >= 15 is 0 Å². The van der Waals surface area contributed by atoms with Gasteiger partial charge in [0.1, 0.15) is 11.5 Å². The molecule has 0 aliphatic carbocycles. The molecule has 28 heavy (non-hydrogen) atoms. The Bertz CT molecular complexity index is 1060. The minimum Gasteiger partial charge on any atom is -0.455 e. The maximum Gasteiger partial charge on any atom is 0.277 e. The summed E-state index contributed by atoms with van der Waals surface area (Å²) in [5, 5.41) is 8.90.